The number of hydrogen-bond donors (Lipinski definition) is 2. The van der Waals surface area contributed by atoms with Crippen LogP contribution in [-0.2, 0) is 33.5 Å². The van der Waals surface area contributed by atoms with Crippen molar-refractivity contribution in [2.75, 3.05) is 62.4 Å². The molecule has 8 aromatic rings. The molecule has 2 saturated heterocycles. The van der Waals surface area contributed by atoms with Gasteiger partial charge >= 0.3 is 0 Å². The standard InChI is InChI=1S/C52H50ClFN10O4/c53-42-26-38(52(66)15-3-1-8-43-46(52)63-31-33(10-13-45(63)59-43)35-27-55-49(56-28-35)61-16-20-67-21-17-61)11-12-40(42)41-24-34(36-29-57-50(58-30-36)62-18-22-68-23-19-62)32-64-47-44(60-48(41)64)9-2-4-14-51(47,65)37-6-5-7-39(54)25-37/h5-7,10-13,24-32,65-66H,1-4,8-9,14-23H2. The second-order valence-electron chi connectivity index (χ2n) is 18.4. The zero-order valence-electron chi connectivity index (χ0n) is 37.5. The Morgan fingerprint density at radius 1 is 0.574 bits per heavy atom. The van der Waals surface area contributed by atoms with Crippen molar-refractivity contribution in [1.29, 1.82) is 0 Å². The Balaban J connectivity index is 0.971. The Bertz CT molecular complexity index is 3190. The lowest BCUT2D eigenvalue weighted by Gasteiger charge is -2.29. The summed E-state index contributed by atoms with van der Waals surface area (Å²) >= 11 is 7.48. The molecule has 6 aromatic heterocycles. The van der Waals surface area contributed by atoms with Gasteiger partial charge in [0.25, 0.3) is 0 Å². The van der Waals surface area contributed by atoms with Crippen LogP contribution in [0.15, 0.2) is 97.8 Å². The van der Waals surface area contributed by atoms with Gasteiger partial charge in [0.15, 0.2) is 0 Å². The molecule has 0 saturated carbocycles. The Hall–Kier alpha value is -6.36. The van der Waals surface area contributed by atoms with Crippen molar-refractivity contribution in [2.45, 2.75) is 62.6 Å². The maximum atomic E-state index is 14.9. The van der Waals surface area contributed by atoms with Gasteiger partial charge in [0.05, 0.1) is 49.2 Å². The molecule has 14 nitrogen and oxygen atoms in total. The predicted octanol–water partition coefficient (Wildman–Crippen LogP) is 7.95. The molecule has 4 aliphatic rings. The monoisotopic (exact) mass is 932 g/mol. The van der Waals surface area contributed by atoms with Crippen molar-refractivity contribution < 1.29 is 24.1 Å². The highest BCUT2D eigenvalue weighted by Gasteiger charge is 2.41. The van der Waals surface area contributed by atoms with E-state index in [4.69, 9.17) is 51.0 Å². The third-order valence-electron chi connectivity index (χ3n) is 14.2. The number of benzene rings is 2. The van der Waals surface area contributed by atoms with Crippen molar-refractivity contribution in [2.24, 2.45) is 0 Å². The molecule has 68 heavy (non-hydrogen) atoms. The van der Waals surface area contributed by atoms with Gasteiger partial charge in [0, 0.05) is 102 Å². The third-order valence-corrected chi connectivity index (χ3v) is 14.6. The Kier molecular flexibility index (Phi) is 10.9. The zero-order valence-corrected chi connectivity index (χ0v) is 38.2. The summed E-state index contributed by atoms with van der Waals surface area (Å²) < 4.78 is 29.9. The normalized spacial score (nSPS) is 21.1. The van der Waals surface area contributed by atoms with E-state index in [1.807, 2.05) is 82.4 Å². The van der Waals surface area contributed by atoms with E-state index in [9.17, 15) is 14.6 Å². The van der Waals surface area contributed by atoms with E-state index in [0.29, 0.717) is 104 Å². The number of rotatable bonds is 7. The number of ether oxygens (including phenoxy) is 2. The van der Waals surface area contributed by atoms with Gasteiger partial charge < -0.3 is 29.5 Å². The highest BCUT2D eigenvalue weighted by Crippen LogP contribution is 2.46. The van der Waals surface area contributed by atoms with Crippen LogP contribution < -0.4 is 9.80 Å². The van der Waals surface area contributed by atoms with Crippen molar-refractivity contribution >= 4 is 34.8 Å². The fourth-order valence-electron chi connectivity index (χ4n) is 10.7. The highest BCUT2D eigenvalue weighted by atomic mass is 35.5. The molecule has 12 rings (SSSR count). The number of halogens is 2. The van der Waals surface area contributed by atoms with Crippen molar-refractivity contribution in [3.05, 3.63) is 143 Å². The highest BCUT2D eigenvalue weighted by molar-refractivity contribution is 6.33. The predicted molar refractivity (Wildman–Crippen MR) is 256 cm³/mol. The number of morpholine rings is 2. The lowest BCUT2D eigenvalue weighted by molar-refractivity contribution is 0.0646. The summed E-state index contributed by atoms with van der Waals surface area (Å²) in [7, 11) is 0. The molecule has 2 aliphatic heterocycles. The van der Waals surface area contributed by atoms with Crippen LogP contribution in [0.5, 0.6) is 0 Å². The molecular weight excluding hydrogens is 883 g/mol. The maximum Gasteiger partial charge on any atom is 0.225 e. The van der Waals surface area contributed by atoms with Crippen LogP contribution >= 0.6 is 11.6 Å². The smallest absolute Gasteiger partial charge is 0.225 e. The number of hydrogen-bond acceptors (Lipinski definition) is 12. The molecule has 0 bridgehead atoms. The average Bonchev–Trinajstić information content (AvgIpc) is 3.83. The summed E-state index contributed by atoms with van der Waals surface area (Å²) in [6, 6.07) is 18.1. The first-order chi connectivity index (χ1) is 33.2. The second kappa shape index (κ2) is 17.3. The number of fused-ring (bicyclic) bond motifs is 6. The van der Waals surface area contributed by atoms with Gasteiger partial charge in [0.2, 0.25) is 11.9 Å². The minimum Gasteiger partial charge on any atom is -0.379 e. The van der Waals surface area contributed by atoms with Crippen molar-refractivity contribution in [1.82, 2.24) is 38.7 Å². The van der Waals surface area contributed by atoms with Crippen LogP contribution in [0.2, 0.25) is 5.02 Å². The summed E-state index contributed by atoms with van der Waals surface area (Å²) in [5, 5.41) is 26.4. The number of nitrogens with zero attached hydrogens (tertiary/aromatic N) is 10. The lowest BCUT2D eigenvalue weighted by atomic mass is 9.85. The third kappa shape index (κ3) is 7.47. The number of pyridine rings is 2. The summed E-state index contributed by atoms with van der Waals surface area (Å²) in [5.74, 6) is 0.886. The number of aromatic nitrogens is 8. The molecule has 2 aromatic carbocycles. The fourth-order valence-corrected chi connectivity index (χ4v) is 11.0. The quantitative estimate of drug-likeness (QED) is 0.149. The Labute approximate surface area is 397 Å². The van der Waals surface area contributed by atoms with Crippen LogP contribution in [0.25, 0.3) is 44.7 Å². The molecule has 2 fully saturated rings. The lowest BCUT2D eigenvalue weighted by Crippen LogP contribution is -2.37. The first-order valence-corrected chi connectivity index (χ1v) is 24.0. The topological polar surface area (TPSA) is 152 Å². The minimum absolute atomic E-state index is 0.393. The molecule has 8 heterocycles. The Morgan fingerprint density at radius 3 is 1.76 bits per heavy atom. The summed E-state index contributed by atoms with van der Waals surface area (Å²) in [4.78, 5) is 33.5. The van der Waals surface area contributed by atoms with Crippen LogP contribution in [0.4, 0.5) is 16.3 Å². The maximum absolute atomic E-state index is 14.9. The SMILES string of the molecule is OC1(c2ccc(-c3cc(-c4cnc(N5CCOCC5)nc4)cn4c5c(nc34)CCCCC5(O)c3cccc(F)c3)c(Cl)c2)CCCCc2nc3ccc(-c4cnc(N5CCOCC5)nc4)cn3c21. The summed E-state index contributed by atoms with van der Waals surface area (Å²) in [6.07, 6.45) is 16.7. The molecular formula is C52H50ClFN10O4. The summed E-state index contributed by atoms with van der Waals surface area (Å²) in [5.41, 5.74) is 7.14. The van der Waals surface area contributed by atoms with Gasteiger partial charge in [-0.15, -0.1) is 0 Å². The molecule has 2 atom stereocenters. The van der Waals surface area contributed by atoms with Crippen LogP contribution in [0.1, 0.15) is 72.4 Å². The zero-order chi connectivity index (χ0) is 46.0. The van der Waals surface area contributed by atoms with E-state index < -0.39 is 17.0 Å². The molecule has 346 valence electrons. The van der Waals surface area contributed by atoms with Crippen molar-refractivity contribution in [3.8, 4) is 33.4 Å². The molecule has 2 unspecified atom stereocenters. The average molecular weight is 933 g/mol. The van der Waals surface area contributed by atoms with Gasteiger partial charge in [-0.2, -0.15) is 0 Å². The van der Waals surface area contributed by atoms with Gasteiger partial charge in [-0.05, 0) is 98.9 Å². The molecule has 0 spiro atoms. The van der Waals surface area contributed by atoms with Gasteiger partial charge in [-0.3, -0.25) is 8.80 Å². The molecule has 0 radical (unpaired) electrons. The summed E-state index contributed by atoms with van der Waals surface area (Å²) in [6.45, 7) is 5.45. The number of aryl methyl sites for hydroxylation is 2. The van der Waals surface area contributed by atoms with Crippen molar-refractivity contribution in [3.63, 3.8) is 0 Å². The molecule has 2 N–H and O–H groups in total. The van der Waals surface area contributed by atoms with E-state index >= 15 is 0 Å². The van der Waals surface area contributed by atoms with Gasteiger partial charge in [-0.1, -0.05) is 35.9 Å². The second-order valence-corrected chi connectivity index (χ2v) is 18.8. The first kappa shape index (κ1) is 43.0. The van der Waals surface area contributed by atoms with E-state index in [1.165, 1.54) is 12.1 Å². The van der Waals surface area contributed by atoms with E-state index in [2.05, 4.69) is 9.80 Å². The van der Waals surface area contributed by atoms with Gasteiger partial charge in [0.1, 0.15) is 28.3 Å². The van der Waals surface area contributed by atoms with E-state index in [-0.39, 0.29) is 0 Å². The van der Waals surface area contributed by atoms with E-state index in [1.54, 1.807) is 12.1 Å². The first-order valence-electron chi connectivity index (χ1n) is 23.6. The Morgan fingerprint density at radius 2 is 1.15 bits per heavy atom. The number of imidazole rings is 2. The molecule has 2 aliphatic carbocycles. The minimum atomic E-state index is -1.53. The van der Waals surface area contributed by atoms with Crippen LogP contribution in [-0.4, -0.2) is 102 Å². The molecule has 0 amide bonds. The largest absolute Gasteiger partial charge is 0.379 e. The number of anilines is 2. The van der Waals surface area contributed by atoms with E-state index in [0.717, 1.165) is 95.7 Å². The fraction of sp³-hybridized carbons (Fsp3) is 0.346. The van der Waals surface area contributed by atoms with Crippen LogP contribution in [0.3, 0.4) is 0 Å². The molecule has 16 heteroatoms. The van der Waals surface area contributed by atoms with Crippen LogP contribution in [0, 0.1) is 5.82 Å². The number of aliphatic hydroxyl groups is 2. The van der Waals surface area contributed by atoms with Gasteiger partial charge in [-0.25, -0.2) is 34.3 Å².